The summed E-state index contributed by atoms with van der Waals surface area (Å²) in [5.74, 6) is -0.363. The minimum atomic E-state index is -0.757. The van der Waals surface area contributed by atoms with Gasteiger partial charge in [0.05, 0.1) is 5.69 Å². The zero-order chi connectivity index (χ0) is 32.3. The van der Waals surface area contributed by atoms with Crippen molar-refractivity contribution in [3.05, 3.63) is 100 Å². The number of carbonyl (C=O) groups is 3. The smallest absolute Gasteiger partial charge is 0.410 e. The van der Waals surface area contributed by atoms with E-state index in [4.69, 9.17) is 26.8 Å². The van der Waals surface area contributed by atoms with Gasteiger partial charge in [-0.05, 0) is 70.2 Å². The number of aryl methyl sites for hydroxylation is 1. The van der Waals surface area contributed by atoms with Crippen molar-refractivity contribution in [2.24, 2.45) is 11.7 Å². The molecule has 3 heterocycles. The highest BCUT2D eigenvalue weighted by atomic mass is 35.5. The lowest BCUT2D eigenvalue weighted by atomic mass is 9.88. The molecule has 0 aliphatic carbocycles. The molecule has 10 heteroatoms. The van der Waals surface area contributed by atoms with Crippen LogP contribution in [0.5, 0.6) is 5.75 Å². The standard InChI is InChI=1S/C35H38ClN3O5S/c1-5-35(3,4)44-34(42)38-18-15-24(16-19-38)31(40)25-14-13-23-10-8-9-17-39(28(23)20-25)30-21-29(32(45-30)33(37)41)43-22(2)26-11-6-7-12-27(26)36/h5-7,9,11-14,17,20-22,24H,1,8,10,15-16,18-19H2,2-4H3,(H2,37,41). The number of primary amides is 1. The number of Topliss-reactive ketones (excluding diaryl/α,β-unsaturated/α-hetero) is 1. The van der Waals surface area contributed by atoms with Crippen LogP contribution in [-0.4, -0.2) is 41.4 Å². The number of hydrogen-bond donors (Lipinski definition) is 1. The second kappa shape index (κ2) is 13.5. The molecule has 1 aromatic heterocycles. The van der Waals surface area contributed by atoms with E-state index in [1.807, 2.05) is 60.5 Å². The number of anilines is 2. The third-order valence-electron chi connectivity index (χ3n) is 8.22. The Labute approximate surface area is 273 Å². The van der Waals surface area contributed by atoms with E-state index < -0.39 is 23.7 Å². The highest BCUT2D eigenvalue weighted by Crippen LogP contribution is 2.43. The molecule has 2 amide bonds. The number of allylic oxidation sites excluding steroid dienone is 1. The Kier molecular flexibility index (Phi) is 9.70. The van der Waals surface area contributed by atoms with Gasteiger partial charge in [0.15, 0.2) is 5.78 Å². The van der Waals surface area contributed by atoms with Crippen molar-refractivity contribution in [2.75, 3.05) is 18.0 Å². The largest absolute Gasteiger partial charge is 0.484 e. The Morgan fingerprint density at radius 1 is 1.13 bits per heavy atom. The van der Waals surface area contributed by atoms with Gasteiger partial charge in [-0.2, -0.15) is 0 Å². The van der Waals surface area contributed by atoms with Gasteiger partial charge >= 0.3 is 6.09 Å². The minimum Gasteiger partial charge on any atom is -0.484 e. The Hall–Kier alpha value is -4.08. The summed E-state index contributed by atoms with van der Waals surface area (Å²) in [5, 5.41) is 1.31. The van der Waals surface area contributed by atoms with Crippen LogP contribution < -0.4 is 15.4 Å². The van der Waals surface area contributed by atoms with Crippen molar-refractivity contribution in [1.82, 2.24) is 4.90 Å². The number of hydrogen-bond acceptors (Lipinski definition) is 7. The van der Waals surface area contributed by atoms with Crippen LogP contribution in [0, 0.1) is 5.92 Å². The van der Waals surface area contributed by atoms with E-state index in [1.54, 1.807) is 30.9 Å². The molecule has 2 aromatic carbocycles. The van der Waals surface area contributed by atoms with E-state index in [0.717, 1.165) is 34.7 Å². The Balaban J connectivity index is 1.37. The first kappa shape index (κ1) is 32.3. The summed E-state index contributed by atoms with van der Waals surface area (Å²) in [6, 6.07) is 15.1. The zero-order valence-electron chi connectivity index (χ0n) is 25.8. The third kappa shape index (κ3) is 7.26. The molecular weight excluding hydrogens is 610 g/mol. The molecule has 45 heavy (non-hydrogen) atoms. The molecule has 1 saturated heterocycles. The number of thiophene rings is 1. The topological polar surface area (TPSA) is 102 Å². The van der Waals surface area contributed by atoms with Gasteiger partial charge in [0.2, 0.25) is 0 Å². The van der Waals surface area contributed by atoms with Crippen molar-refractivity contribution < 1.29 is 23.9 Å². The molecule has 0 radical (unpaired) electrons. The third-order valence-corrected chi connectivity index (χ3v) is 9.70. The molecule has 2 aliphatic heterocycles. The van der Waals surface area contributed by atoms with Crippen LogP contribution in [0.3, 0.4) is 0 Å². The molecule has 1 unspecified atom stereocenters. The van der Waals surface area contributed by atoms with E-state index >= 15 is 0 Å². The maximum Gasteiger partial charge on any atom is 0.410 e. The van der Waals surface area contributed by atoms with Gasteiger partial charge in [-0.15, -0.1) is 11.3 Å². The molecule has 2 N–H and O–H groups in total. The molecule has 236 valence electrons. The maximum atomic E-state index is 13.7. The molecular formula is C35H38ClN3O5S. The van der Waals surface area contributed by atoms with E-state index in [1.165, 1.54) is 11.3 Å². The quantitative estimate of drug-likeness (QED) is 0.185. The van der Waals surface area contributed by atoms with E-state index in [-0.39, 0.29) is 11.7 Å². The molecule has 0 saturated carbocycles. The van der Waals surface area contributed by atoms with Gasteiger partial charge in [-0.25, -0.2) is 4.79 Å². The summed E-state index contributed by atoms with van der Waals surface area (Å²) in [5.41, 5.74) is 8.39. The highest BCUT2D eigenvalue weighted by molar-refractivity contribution is 7.18. The molecule has 1 fully saturated rings. The fourth-order valence-corrected chi connectivity index (χ4v) is 6.76. The predicted octanol–water partition coefficient (Wildman–Crippen LogP) is 8.23. The number of nitrogens with zero attached hydrogens (tertiary/aromatic N) is 2. The average molecular weight is 648 g/mol. The van der Waals surface area contributed by atoms with Crippen LogP contribution in [-0.2, 0) is 11.2 Å². The van der Waals surface area contributed by atoms with Gasteiger partial charge in [-0.1, -0.05) is 54.6 Å². The Morgan fingerprint density at radius 2 is 1.87 bits per heavy atom. The number of rotatable bonds is 9. The summed E-state index contributed by atoms with van der Waals surface area (Å²) in [7, 11) is 0. The zero-order valence-corrected chi connectivity index (χ0v) is 27.3. The second-order valence-electron chi connectivity index (χ2n) is 11.9. The first-order valence-corrected chi connectivity index (χ1v) is 16.3. The van der Waals surface area contributed by atoms with Crippen molar-refractivity contribution in [3.8, 4) is 5.75 Å². The number of amides is 2. The van der Waals surface area contributed by atoms with E-state index in [0.29, 0.717) is 47.1 Å². The van der Waals surface area contributed by atoms with Crippen molar-refractivity contribution in [3.63, 3.8) is 0 Å². The lowest BCUT2D eigenvalue weighted by Gasteiger charge is -2.33. The molecule has 3 aromatic rings. The summed E-state index contributed by atoms with van der Waals surface area (Å²) < 4.78 is 11.8. The van der Waals surface area contributed by atoms with Crippen LogP contribution in [0.15, 0.2) is 73.5 Å². The van der Waals surface area contributed by atoms with Gasteiger partial charge in [-0.3, -0.25) is 9.59 Å². The van der Waals surface area contributed by atoms with Crippen molar-refractivity contribution in [2.45, 2.75) is 58.2 Å². The Morgan fingerprint density at radius 3 is 2.56 bits per heavy atom. The van der Waals surface area contributed by atoms with Crippen molar-refractivity contribution >= 4 is 51.4 Å². The van der Waals surface area contributed by atoms with Crippen LogP contribution in [0.1, 0.15) is 77.3 Å². The van der Waals surface area contributed by atoms with E-state index in [9.17, 15) is 14.4 Å². The molecule has 1 atom stereocenters. The number of ketones is 1. The maximum absolute atomic E-state index is 13.7. The van der Waals surface area contributed by atoms with Gasteiger partial charge < -0.3 is 25.0 Å². The monoisotopic (exact) mass is 647 g/mol. The number of halogens is 1. The number of benzene rings is 2. The summed E-state index contributed by atoms with van der Waals surface area (Å²) in [6.45, 7) is 10.1. The van der Waals surface area contributed by atoms with Gasteiger partial charge in [0, 0.05) is 47.4 Å². The fourth-order valence-electron chi connectivity index (χ4n) is 5.53. The SMILES string of the molecule is C=CC(C)(C)OC(=O)N1CCC(C(=O)c2ccc3c(c2)N(c2cc(OC(C)c4ccccc4Cl)c(C(N)=O)s2)C=CCC3)CC1. The first-order valence-electron chi connectivity index (χ1n) is 15.1. The first-order chi connectivity index (χ1) is 21.5. The van der Waals surface area contributed by atoms with Crippen LogP contribution in [0.4, 0.5) is 15.5 Å². The number of fused-ring (bicyclic) bond motifs is 1. The van der Waals surface area contributed by atoms with Crippen LogP contribution in [0.2, 0.25) is 5.02 Å². The van der Waals surface area contributed by atoms with Crippen LogP contribution >= 0.6 is 22.9 Å². The molecule has 0 bridgehead atoms. The lowest BCUT2D eigenvalue weighted by Crippen LogP contribution is -2.43. The molecule has 5 rings (SSSR count). The normalized spacial score (nSPS) is 16.0. The highest BCUT2D eigenvalue weighted by Gasteiger charge is 2.32. The lowest BCUT2D eigenvalue weighted by molar-refractivity contribution is 0.0326. The predicted molar refractivity (Wildman–Crippen MR) is 179 cm³/mol. The van der Waals surface area contributed by atoms with Crippen molar-refractivity contribution in [1.29, 1.82) is 0 Å². The van der Waals surface area contributed by atoms with Crippen LogP contribution in [0.25, 0.3) is 0 Å². The molecule has 0 spiro atoms. The second-order valence-corrected chi connectivity index (χ2v) is 13.3. The fraction of sp³-hybridized carbons (Fsp3) is 0.343. The summed E-state index contributed by atoms with van der Waals surface area (Å²) in [4.78, 5) is 42.8. The number of carbonyl (C=O) groups excluding carboxylic acids is 3. The van der Waals surface area contributed by atoms with E-state index in [2.05, 4.69) is 12.7 Å². The number of nitrogens with two attached hydrogens (primary N) is 1. The molecule has 2 aliphatic rings. The van der Waals surface area contributed by atoms with Gasteiger partial charge in [0.25, 0.3) is 5.91 Å². The number of ether oxygens (including phenoxy) is 2. The molecule has 8 nitrogen and oxygen atoms in total. The summed E-state index contributed by atoms with van der Waals surface area (Å²) >= 11 is 7.64. The number of likely N-dealkylation sites (tertiary alicyclic amines) is 1. The number of piperidine rings is 1. The van der Waals surface area contributed by atoms with Gasteiger partial charge in [0.1, 0.15) is 27.3 Å². The average Bonchev–Trinajstić information content (AvgIpc) is 3.32. The Bertz CT molecular complexity index is 1640. The summed E-state index contributed by atoms with van der Waals surface area (Å²) in [6.07, 6.45) is 7.56. The minimum absolute atomic E-state index is 0.0482.